The number of alkyl halides is 3. The number of aryl methyl sites for hydroxylation is 2. The van der Waals surface area contributed by atoms with Crippen LogP contribution in [0.3, 0.4) is 0 Å². The average Bonchev–Trinajstić information content (AvgIpc) is 2.60. The van der Waals surface area contributed by atoms with Crippen molar-refractivity contribution in [3.8, 4) is 0 Å². The first-order chi connectivity index (χ1) is 13.1. The first-order valence-electron chi connectivity index (χ1n) is 8.76. The number of nitrogens with zero attached hydrogens (tertiary/aromatic N) is 3. The molecule has 150 valence electrons. The lowest BCUT2D eigenvalue weighted by Gasteiger charge is -2.37. The zero-order chi connectivity index (χ0) is 20.5. The van der Waals surface area contributed by atoms with E-state index in [1.165, 1.54) is 6.07 Å². The molecule has 0 spiro atoms. The molecule has 1 N–H and O–H groups in total. The topological polar surface area (TPSA) is 31.4 Å². The summed E-state index contributed by atoms with van der Waals surface area (Å²) in [7, 11) is 0. The van der Waals surface area contributed by atoms with E-state index in [1.54, 1.807) is 6.07 Å². The number of anilines is 2. The van der Waals surface area contributed by atoms with Crippen molar-refractivity contribution in [1.82, 2.24) is 9.88 Å². The number of thiocarbonyl (C=S) groups is 1. The monoisotopic (exact) mass is 428 g/mol. The Labute approximate surface area is 172 Å². The average molecular weight is 429 g/mol. The number of rotatable bonds is 2. The fraction of sp³-hybridized carbons (Fsp3) is 0.368. The first-order valence-corrected chi connectivity index (χ1v) is 9.55. The molecule has 0 amide bonds. The van der Waals surface area contributed by atoms with Crippen LogP contribution in [0.4, 0.5) is 24.7 Å². The second-order valence-corrected chi connectivity index (χ2v) is 7.53. The third kappa shape index (κ3) is 4.86. The summed E-state index contributed by atoms with van der Waals surface area (Å²) in [5.41, 5.74) is 1.68. The molecule has 1 fully saturated rings. The number of hydrogen-bond acceptors (Lipinski definition) is 3. The molecule has 28 heavy (non-hydrogen) atoms. The number of benzene rings is 1. The molecule has 0 bridgehead atoms. The van der Waals surface area contributed by atoms with Gasteiger partial charge in [0.2, 0.25) is 0 Å². The Bertz CT molecular complexity index is 860. The van der Waals surface area contributed by atoms with E-state index in [1.807, 2.05) is 35.8 Å². The Hall–Kier alpha value is -2.06. The van der Waals surface area contributed by atoms with Crippen molar-refractivity contribution in [2.45, 2.75) is 20.0 Å². The van der Waals surface area contributed by atoms with Gasteiger partial charge in [-0.25, -0.2) is 4.98 Å². The Balaban J connectivity index is 1.63. The fourth-order valence-corrected chi connectivity index (χ4v) is 3.70. The molecule has 1 saturated heterocycles. The molecule has 3 rings (SSSR count). The summed E-state index contributed by atoms with van der Waals surface area (Å²) in [6.45, 7) is 6.22. The summed E-state index contributed by atoms with van der Waals surface area (Å²) in [5, 5.41) is 3.41. The van der Waals surface area contributed by atoms with Gasteiger partial charge in [-0.3, -0.25) is 0 Å². The molecule has 1 aromatic heterocycles. The van der Waals surface area contributed by atoms with Crippen molar-refractivity contribution >= 4 is 40.4 Å². The minimum atomic E-state index is -4.47. The van der Waals surface area contributed by atoms with Crippen LogP contribution in [-0.4, -0.2) is 41.2 Å². The lowest BCUT2D eigenvalue weighted by molar-refractivity contribution is -0.137. The molecule has 9 heteroatoms. The summed E-state index contributed by atoms with van der Waals surface area (Å²) >= 11 is 11.2. The summed E-state index contributed by atoms with van der Waals surface area (Å²) in [6, 6.07) is 7.91. The molecule has 2 aromatic rings. The van der Waals surface area contributed by atoms with E-state index in [9.17, 15) is 13.2 Å². The van der Waals surface area contributed by atoms with Gasteiger partial charge in [-0.1, -0.05) is 11.6 Å². The van der Waals surface area contributed by atoms with Crippen LogP contribution in [0.15, 0.2) is 30.3 Å². The van der Waals surface area contributed by atoms with Crippen molar-refractivity contribution in [1.29, 1.82) is 0 Å². The highest BCUT2D eigenvalue weighted by Crippen LogP contribution is 2.37. The van der Waals surface area contributed by atoms with Crippen LogP contribution >= 0.6 is 23.8 Å². The highest BCUT2D eigenvalue weighted by Gasteiger charge is 2.34. The summed E-state index contributed by atoms with van der Waals surface area (Å²) in [5.74, 6) is 0.692. The lowest BCUT2D eigenvalue weighted by Crippen LogP contribution is -2.50. The van der Waals surface area contributed by atoms with Crippen molar-refractivity contribution in [3.05, 3.63) is 52.2 Å². The van der Waals surface area contributed by atoms with Crippen molar-refractivity contribution in [3.63, 3.8) is 0 Å². The zero-order valence-electron chi connectivity index (χ0n) is 15.5. The molecule has 0 saturated carbocycles. The number of nitrogens with one attached hydrogen (secondary N) is 1. The Morgan fingerprint density at radius 2 is 1.79 bits per heavy atom. The van der Waals surface area contributed by atoms with Crippen LogP contribution in [0.1, 0.15) is 16.8 Å². The maximum atomic E-state index is 13.1. The molecule has 4 nitrogen and oxygen atoms in total. The smallest absolute Gasteiger partial charge is 0.368 e. The third-order valence-electron chi connectivity index (χ3n) is 4.52. The number of pyridine rings is 1. The SMILES string of the molecule is Cc1cc(C)nc(NC(=S)N2CCN(c3ccc(Cl)c(C(F)(F)F)c3)CC2)c1. The van der Waals surface area contributed by atoms with Gasteiger partial charge in [-0.15, -0.1) is 0 Å². The Morgan fingerprint density at radius 3 is 2.39 bits per heavy atom. The number of halogens is 4. The minimum absolute atomic E-state index is 0.291. The number of piperazine rings is 1. The molecular formula is C19H20ClF3N4S. The van der Waals surface area contributed by atoms with E-state index in [-0.39, 0.29) is 5.02 Å². The molecule has 0 radical (unpaired) electrons. The van der Waals surface area contributed by atoms with Crippen LogP contribution in [0.25, 0.3) is 0 Å². The molecule has 1 aliphatic rings. The number of aromatic nitrogens is 1. The predicted octanol–water partition coefficient (Wildman–Crippen LogP) is 4.89. The standard InChI is InChI=1S/C19H20ClF3N4S/c1-12-9-13(2)24-17(10-12)25-18(28)27-7-5-26(6-8-27)14-3-4-16(20)15(11-14)19(21,22)23/h3-4,9-11H,5-8H2,1-2H3,(H,24,25,28). The van der Waals surface area contributed by atoms with Crippen LogP contribution in [0.5, 0.6) is 0 Å². The maximum Gasteiger partial charge on any atom is 0.417 e. The maximum absolute atomic E-state index is 13.1. The second-order valence-electron chi connectivity index (χ2n) is 6.74. The highest BCUT2D eigenvalue weighted by molar-refractivity contribution is 7.80. The quantitative estimate of drug-likeness (QED) is 0.688. The van der Waals surface area contributed by atoms with Crippen LogP contribution in [-0.2, 0) is 6.18 Å². The Morgan fingerprint density at radius 1 is 1.11 bits per heavy atom. The van der Waals surface area contributed by atoms with E-state index in [2.05, 4.69) is 10.3 Å². The molecule has 2 heterocycles. The van der Waals surface area contributed by atoms with Gasteiger partial charge in [-0.2, -0.15) is 13.2 Å². The lowest BCUT2D eigenvalue weighted by atomic mass is 10.1. The van der Waals surface area contributed by atoms with E-state index in [4.69, 9.17) is 23.8 Å². The fourth-order valence-electron chi connectivity index (χ4n) is 3.19. The van der Waals surface area contributed by atoms with Crippen LogP contribution in [0.2, 0.25) is 5.02 Å². The van der Waals surface area contributed by atoms with E-state index >= 15 is 0 Å². The van der Waals surface area contributed by atoms with Crippen LogP contribution < -0.4 is 10.2 Å². The van der Waals surface area contributed by atoms with E-state index in [0.29, 0.717) is 42.8 Å². The van der Waals surface area contributed by atoms with Gasteiger partial charge in [-0.05, 0) is 62.0 Å². The van der Waals surface area contributed by atoms with Gasteiger partial charge >= 0.3 is 6.18 Å². The first kappa shape index (κ1) is 20.7. The molecular weight excluding hydrogens is 409 g/mol. The van der Waals surface area contributed by atoms with Gasteiger partial charge in [0.05, 0.1) is 10.6 Å². The van der Waals surface area contributed by atoms with Crippen molar-refractivity contribution in [2.24, 2.45) is 0 Å². The van der Waals surface area contributed by atoms with Gasteiger partial charge in [0.25, 0.3) is 0 Å². The third-order valence-corrected chi connectivity index (χ3v) is 5.21. The molecule has 0 aliphatic carbocycles. The van der Waals surface area contributed by atoms with Gasteiger partial charge in [0.15, 0.2) is 5.11 Å². The highest BCUT2D eigenvalue weighted by atomic mass is 35.5. The van der Waals surface area contributed by atoms with Crippen LogP contribution in [0, 0.1) is 13.8 Å². The number of hydrogen-bond donors (Lipinski definition) is 1. The summed E-state index contributed by atoms with van der Waals surface area (Å²) < 4.78 is 39.3. The predicted molar refractivity (Wildman–Crippen MR) is 110 cm³/mol. The summed E-state index contributed by atoms with van der Waals surface area (Å²) in [6.07, 6.45) is -4.47. The van der Waals surface area contributed by atoms with Gasteiger partial charge < -0.3 is 15.1 Å². The molecule has 1 aromatic carbocycles. The van der Waals surface area contributed by atoms with Crippen molar-refractivity contribution in [2.75, 3.05) is 36.4 Å². The normalized spacial score (nSPS) is 14.9. The van der Waals surface area contributed by atoms with Crippen molar-refractivity contribution < 1.29 is 13.2 Å². The second kappa shape index (κ2) is 8.13. The van der Waals surface area contributed by atoms with E-state index < -0.39 is 11.7 Å². The molecule has 0 unspecified atom stereocenters. The van der Waals surface area contributed by atoms with Gasteiger partial charge in [0, 0.05) is 37.6 Å². The molecule has 1 aliphatic heterocycles. The molecule has 0 atom stereocenters. The largest absolute Gasteiger partial charge is 0.417 e. The minimum Gasteiger partial charge on any atom is -0.368 e. The summed E-state index contributed by atoms with van der Waals surface area (Å²) in [4.78, 5) is 8.31. The zero-order valence-corrected chi connectivity index (χ0v) is 17.0. The van der Waals surface area contributed by atoms with Gasteiger partial charge in [0.1, 0.15) is 5.82 Å². The Kier molecular flexibility index (Phi) is 6.00. The van der Waals surface area contributed by atoms with E-state index in [0.717, 1.165) is 17.3 Å².